The maximum absolute atomic E-state index is 12.0. The van der Waals surface area contributed by atoms with Gasteiger partial charge in [-0.1, -0.05) is 23.2 Å². The molecule has 8 heteroatoms. The van der Waals surface area contributed by atoms with E-state index in [9.17, 15) is 4.79 Å². The lowest BCUT2D eigenvalue weighted by atomic mass is 10.3. The van der Waals surface area contributed by atoms with Crippen molar-refractivity contribution in [3.05, 3.63) is 61.6 Å². The van der Waals surface area contributed by atoms with Crippen molar-refractivity contribution in [1.29, 1.82) is 0 Å². The number of halogens is 2. The molecule has 0 unspecified atom stereocenters. The van der Waals surface area contributed by atoms with E-state index in [1.165, 1.54) is 4.68 Å². The zero-order chi connectivity index (χ0) is 17.4. The van der Waals surface area contributed by atoms with Gasteiger partial charge in [0.25, 0.3) is 5.56 Å². The molecule has 0 saturated heterocycles. The van der Waals surface area contributed by atoms with Gasteiger partial charge in [0.1, 0.15) is 5.82 Å². The third-order valence-electron chi connectivity index (χ3n) is 3.61. The SMILES string of the molecule is Cc1cc(Nc2ccc(Cl)cc2Cl)n(-c2nc(C)c(C)c(=O)[nH]2)n1. The van der Waals surface area contributed by atoms with E-state index in [1.807, 2.05) is 13.0 Å². The normalized spacial score (nSPS) is 10.9. The third kappa shape index (κ3) is 3.16. The first kappa shape index (κ1) is 16.5. The molecule has 124 valence electrons. The van der Waals surface area contributed by atoms with E-state index in [0.717, 1.165) is 5.69 Å². The molecule has 0 amide bonds. The number of H-pyrrole nitrogens is 1. The summed E-state index contributed by atoms with van der Waals surface area (Å²) in [6.45, 7) is 5.36. The van der Waals surface area contributed by atoms with E-state index in [4.69, 9.17) is 23.2 Å². The van der Waals surface area contributed by atoms with E-state index in [1.54, 1.807) is 32.0 Å². The number of rotatable bonds is 3. The Balaban J connectivity index is 2.07. The molecule has 0 radical (unpaired) electrons. The van der Waals surface area contributed by atoms with Crippen LogP contribution in [0.15, 0.2) is 29.1 Å². The molecule has 1 aromatic carbocycles. The summed E-state index contributed by atoms with van der Waals surface area (Å²) >= 11 is 12.1. The highest BCUT2D eigenvalue weighted by Crippen LogP contribution is 2.29. The van der Waals surface area contributed by atoms with Crippen LogP contribution in [0.3, 0.4) is 0 Å². The summed E-state index contributed by atoms with van der Waals surface area (Å²) in [4.78, 5) is 19.2. The largest absolute Gasteiger partial charge is 0.339 e. The minimum Gasteiger partial charge on any atom is -0.339 e. The van der Waals surface area contributed by atoms with Gasteiger partial charge in [0.2, 0.25) is 5.95 Å². The second kappa shape index (κ2) is 6.30. The van der Waals surface area contributed by atoms with Crippen molar-refractivity contribution in [3.63, 3.8) is 0 Å². The summed E-state index contributed by atoms with van der Waals surface area (Å²) in [5.41, 5.74) is 2.48. The zero-order valence-electron chi connectivity index (χ0n) is 13.3. The van der Waals surface area contributed by atoms with E-state index in [0.29, 0.717) is 38.8 Å². The number of benzene rings is 1. The average molecular weight is 364 g/mol. The quantitative estimate of drug-likeness (QED) is 0.738. The Morgan fingerprint density at radius 3 is 2.58 bits per heavy atom. The highest BCUT2D eigenvalue weighted by atomic mass is 35.5. The molecule has 2 aromatic heterocycles. The predicted octanol–water partition coefficient (Wildman–Crippen LogP) is 3.93. The van der Waals surface area contributed by atoms with Crippen molar-refractivity contribution in [2.75, 3.05) is 5.32 Å². The number of aryl methyl sites for hydroxylation is 2. The van der Waals surface area contributed by atoms with Crippen LogP contribution in [0.5, 0.6) is 0 Å². The monoisotopic (exact) mass is 363 g/mol. The van der Waals surface area contributed by atoms with Gasteiger partial charge in [-0.3, -0.25) is 9.78 Å². The summed E-state index contributed by atoms with van der Waals surface area (Å²) in [7, 11) is 0. The number of nitrogens with zero attached hydrogens (tertiary/aromatic N) is 3. The fraction of sp³-hybridized carbons (Fsp3) is 0.188. The standard InChI is InChI=1S/C16H15Cl2N5O/c1-8-6-14(20-13-5-4-11(17)7-12(13)18)23(22-8)16-19-10(3)9(2)15(24)21-16/h4-7,20H,1-3H3,(H,19,21,24). The molecule has 0 bridgehead atoms. The number of aromatic amines is 1. The molecule has 6 nitrogen and oxygen atoms in total. The van der Waals surface area contributed by atoms with Crippen molar-refractivity contribution < 1.29 is 0 Å². The second-order valence-corrected chi connectivity index (χ2v) is 6.28. The minimum absolute atomic E-state index is 0.193. The fourth-order valence-electron chi connectivity index (χ4n) is 2.21. The second-order valence-electron chi connectivity index (χ2n) is 5.43. The van der Waals surface area contributed by atoms with Crippen LogP contribution in [-0.4, -0.2) is 19.7 Å². The van der Waals surface area contributed by atoms with Crippen molar-refractivity contribution >= 4 is 34.7 Å². The van der Waals surface area contributed by atoms with Gasteiger partial charge in [-0.25, -0.2) is 4.98 Å². The van der Waals surface area contributed by atoms with E-state index < -0.39 is 0 Å². The lowest BCUT2D eigenvalue weighted by molar-refractivity contribution is 0.786. The first-order valence-electron chi connectivity index (χ1n) is 7.22. The van der Waals surface area contributed by atoms with Gasteiger partial charge in [0, 0.05) is 22.3 Å². The Hall–Kier alpha value is -2.31. The van der Waals surface area contributed by atoms with Crippen LogP contribution in [-0.2, 0) is 0 Å². The van der Waals surface area contributed by atoms with Crippen LogP contribution < -0.4 is 10.9 Å². The number of aromatic nitrogens is 4. The molecule has 2 heterocycles. The van der Waals surface area contributed by atoms with Crippen molar-refractivity contribution in [1.82, 2.24) is 19.7 Å². The fourth-order valence-corrected chi connectivity index (χ4v) is 2.67. The van der Waals surface area contributed by atoms with Crippen LogP contribution in [0, 0.1) is 20.8 Å². The first-order chi connectivity index (χ1) is 11.3. The summed E-state index contributed by atoms with van der Waals surface area (Å²) in [6.07, 6.45) is 0. The Labute approximate surface area is 148 Å². The molecule has 3 rings (SSSR count). The molecule has 0 saturated carbocycles. The van der Waals surface area contributed by atoms with Crippen LogP contribution in [0.25, 0.3) is 5.95 Å². The van der Waals surface area contributed by atoms with Crippen molar-refractivity contribution in [3.8, 4) is 5.95 Å². The third-order valence-corrected chi connectivity index (χ3v) is 4.16. The minimum atomic E-state index is -0.193. The van der Waals surface area contributed by atoms with Crippen molar-refractivity contribution in [2.24, 2.45) is 0 Å². The highest BCUT2D eigenvalue weighted by molar-refractivity contribution is 6.36. The van der Waals surface area contributed by atoms with Crippen LogP contribution >= 0.6 is 23.2 Å². The number of anilines is 2. The van der Waals surface area contributed by atoms with E-state index >= 15 is 0 Å². The average Bonchev–Trinajstić information content (AvgIpc) is 2.88. The maximum Gasteiger partial charge on any atom is 0.255 e. The molecule has 3 aromatic rings. The van der Waals surface area contributed by atoms with Crippen LogP contribution in [0.1, 0.15) is 17.0 Å². The smallest absolute Gasteiger partial charge is 0.255 e. The Kier molecular flexibility index (Phi) is 4.34. The summed E-state index contributed by atoms with van der Waals surface area (Å²) in [5, 5.41) is 8.61. The Morgan fingerprint density at radius 2 is 1.92 bits per heavy atom. The molecule has 24 heavy (non-hydrogen) atoms. The van der Waals surface area contributed by atoms with Gasteiger partial charge in [0.15, 0.2) is 0 Å². The zero-order valence-corrected chi connectivity index (χ0v) is 14.8. The molecular weight excluding hydrogens is 349 g/mol. The molecule has 0 aliphatic heterocycles. The van der Waals surface area contributed by atoms with Crippen molar-refractivity contribution in [2.45, 2.75) is 20.8 Å². The molecule has 0 fully saturated rings. The molecular formula is C16H15Cl2N5O. The van der Waals surface area contributed by atoms with Crippen LogP contribution in [0.2, 0.25) is 10.0 Å². The van der Waals surface area contributed by atoms with Gasteiger partial charge >= 0.3 is 0 Å². The molecule has 0 atom stereocenters. The molecule has 0 aliphatic carbocycles. The van der Waals surface area contributed by atoms with Crippen LogP contribution in [0.4, 0.5) is 11.5 Å². The topological polar surface area (TPSA) is 75.6 Å². The summed E-state index contributed by atoms with van der Waals surface area (Å²) in [6, 6.07) is 6.99. The lowest BCUT2D eigenvalue weighted by Gasteiger charge is -2.11. The molecule has 2 N–H and O–H groups in total. The van der Waals surface area contributed by atoms with Gasteiger partial charge in [-0.2, -0.15) is 9.78 Å². The van der Waals surface area contributed by atoms with Gasteiger partial charge in [-0.05, 0) is 39.0 Å². The Morgan fingerprint density at radius 1 is 1.17 bits per heavy atom. The first-order valence-corrected chi connectivity index (χ1v) is 7.97. The van der Waals surface area contributed by atoms with Gasteiger partial charge in [0.05, 0.1) is 16.4 Å². The molecule has 0 spiro atoms. The Bertz CT molecular complexity index is 977. The number of nitrogens with one attached hydrogen (secondary N) is 2. The summed E-state index contributed by atoms with van der Waals surface area (Å²) < 4.78 is 1.54. The number of hydrogen-bond donors (Lipinski definition) is 2. The maximum atomic E-state index is 12.0. The highest BCUT2D eigenvalue weighted by Gasteiger charge is 2.13. The lowest BCUT2D eigenvalue weighted by Crippen LogP contribution is -2.18. The molecule has 0 aliphatic rings. The van der Waals surface area contributed by atoms with E-state index in [2.05, 4.69) is 20.4 Å². The summed E-state index contributed by atoms with van der Waals surface area (Å²) in [5.74, 6) is 0.965. The predicted molar refractivity (Wildman–Crippen MR) is 95.9 cm³/mol. The van der Waals surface area contributed by atoms with E-state index in [-0.39, 0.29) is 5.56 Å². The van der Waals surface area contributed by atoms with Gasteiger partial charge in [-0.15, -0.1) is 0 Å². The number of hydrogen-bond acceptors (Lipinski definition) is 4. The van der Waals surface area contributed by atoms with Gasteiger partial charge < -0.3 is 5.32 Å².